The number of halogens is 2. The van der Waals surface area contributed by atoms with Crippen molar-refractivity contribution in [2.75, 3.05) is 18.5 Å². The lowest BCUT2D eigenvalue weighted by Crippen LogP contribution is -2.27. The maximum atomic E-state index is 14.6. The van der Waals surface area contributed by atoms with Crippen LogP contribution in [0.3, 0.4) is 0 Å². The first kappa shape index (κ1) is 18.1. The van der Waals surface area contributed by atoms with Crippen molar-refractivity contribution in [2.45, 2.75) is 32.1 Å². The van der Waals surface area contributed by atoms with Gasteiger partial charge >= 0.3 is 0 Å². The standard InChI is InChI=1S/C18H22F2N2O2/c1-11-7-12(2)22(10-11)13-8-15(19)17(16(20)9-13)14(5-4-6-23)18(24)21-3/h6,8-9,11,14H,2,4-5,7,10H2,1,3H3,(H,21,24). The van der Waals surface area contributed by atoms with Crippen LogP contribution in [-0.2, 0) is 9.59 Å². The van der Waals surface area contributed by atoms with Gasteiger partial charge in [-0.05, 0) is 30.9 Å². The highest BCUT2D eigenvalue weighted by Gasteiger charge is 2.29. The van der Waals surface area contributed by atoms with Crippen LogP contribution in [0.2, 0.25) is 0 Å². The smallest absolute Gasteiger partial charge is 0.227 e. The predicted octanol–water partition coefficient (Wildman–Crippen LogP) is 3.13. The molecule has 0 aromatic heterocycles. The van der Waals surface area contributed by atoms with Crippen LogP contribution in [0.25, 0.3) is 0 Å². The monoisotopic (exact) mass is 336 g/mol. The highest BCUT2D eigenvalue weighted by atomic mass is 19.1. The van der Waals surface area contributed by atoms with Crippen LogP contribution in [-0.4, -0.2) is 25.8 Å². The van der Waals surface area contributed by atoms with Crippen molar-refractivity contribution in [1.29, 1.82) is 0 Å². The van der Waals surface area contributed by atoms with Crippen molar-refractivity contribution in [1.82, 2.24) is 5.32 Å². The molecule has 6 heteroatoms. The molecule has 1 aliphatic heterocycles. The van der Waals surface area contributed by atoms with E-state index in [1.54, 1.807) is 4.90 Å². The van der Waals surface area contributed by atoms with Gasteiger partial charge in [0.05, 0.1) is 5.92 Å². The lowest BCUT2D eigenvalue weighted by Gasteiger charge is -2.22. The zero-order valence-electron chi connectivity index (χ0n) is 13.9. The van der Waals surface area contributed by atoms with Crippen LogP contribution in [0.15, 0.2) is 24.4 Å². The molecule has 0 bridgehead atoms. The molecule has 1 fully saturated rings. The number of hydrogen-bond acceptors (Lipinski definition) is 3. The second-order valence-electron chi connectivity index (χ2n) is 6.22. The molecule has 2 rings (SSSR count). The number of aldehydes is 1. The van der Waals surface area contributed by atoms with E-state index in [0.29, 0.717) is 24.4 Å². The molecule has 2 unspecified atom stereocenters. The first-order chi connectivity index (χ1) is 11.4. The minimum Gasteiger partial charge on any atom is -0.359 e. The molecule has 1 heterocycles. The highest BCUT2D eigenvalue weighted by Crippen LogP contribution is 2.35. The van der Waals surface area contributed by atoms with E-state index in [1.807, 2.05) is 6.92 Å². The van der Waals surface area contributed by atoms with Crippen LogP contribution in [0.5, 0.6) is 0 Å². The van der Waals surface area contributed by atoms with Crippen LogP contribution in [0.4, 0.5) is 14.5 Å². The number of carbonyl (C=O) groups is 2. The van der Waals surface area contributed by atoms with Gasteiger partial charge in [0.15, 0.2) is 0 Å². The molecule has 1 aromatic carbocycles. The molecule has 0 radical (unpaired) electrons. The summed E-state index contributed by atoms with van der Waals surface area (Å²) in [7, 11) is 1.40. The van der Waals surface area contributed by atoms with Gasteiger partial charge in [0.2, 0.25) is 5.91 Å². The Labute approximate surface area is 140 Å². The van der Waals surface area contributed by atoms with Crippen LogP contribution >= 0.6 is 0 Å². The van der Waals surface area contributed by atoms with Crippen molar-refractivity contribution in [3.05, 3.63) is 41.6 Å². The van der Waals surface area contributed by atoms with Gasteiger partial charge in [0, 0.05) is 37.0 Å². The molecule has 0 aliphatic carbocycles. The Bertz CT molecular complexity index is 637. The number of allylic oxidation sites excluding steroid dienone is 1. The van der Waals surface area contributed by atoms with Crippen molar-refractivity contribution >= 4 is 17.9 Å². The van der Waals surface area contributed by atoms with E-state index in [4.69, 9.17) is 0 Å². The minimum atomic E-state index is -1.03. The van der Waals surface area contributed by atoms with Gasteiger partial charge in [-0.2, -0.15) is 0 Å². The van der Waals surface area contributed by atoms with Crippen molar-refractivity contribution in [3.63, 3.8) is 0 Å². The number of nitrogens with zero attached hydrogens (tertiary/aromatic N) is 1. The molecule has 0 spiro atoms. The fraction of sp³-hybridized carbons (Fsp3) is 0.444. The summed E-state index contributed by atoms with van der Waals surface area (Å²) in [5, 5.41) is 2.40. The third-order valence-electron chi connectivity index (χ3n) is 4.32. The lowest BCUT2D eigenvalue weighted by molar-refractivity contribution is -0.122. The topological polar surface area (TPSA) is 49.4 Å². The maximum Gasteiger partial charge on any atom is 0.227 e. The number of rotatable bonds is 6. The molecule has 1 amide bonds. The highest BCUT2D eigenvalue weighted by molar-refractivity contribution is 5.84. The third kappa shape index (κ3) is 3.63. The third-order valence-corrected chi connectivity index (χ3v) is 4.32. The van der Waals surface area contributed by atoms with Gasteiger partial charge in [0.25, 0.3) is 0 Å². The molecule has 1 N–H and O–H groups in total. The van der Waals surface area contributed by atoms with Gasteiger partial charge in [-0.1, -0.05) is 13.5 Å². The Morgan fingerprint density at radius 1 is 1.46 bits per heavy atom. The summed E-state index contributed by atoms with van der Waals surface area (Å²) >= 11 is 0. The first-order valence-corrected chi connectivity index (χ1v) is 7.98. The van der Waals surface area contributed by atoms with Crippen molar-refractivity contribution in [3.8, 4) is 0 Å². The number of carbonyl (C=O) groups excluding carboxylic acids is 2. The predicted molar refractivity (Wildman–Crippen MR) is 88.7 cm³/mol. The van der Waals surface area contributed by atoms with Gasteiger partial charge in [-0.15, -0.1) is 0 Å². The number of nitrogens with one attached hydrogen (secondary N) is 1. The molecule has 4 nitrogen and oxygen atoms in total. The van der Waals surface area contributed by atoms with Gasteiger partial charge < -0.3 is 15.0 Å². The molecule has 1 saturated heterocycles. The van der Waals surface area contributed by atoms with E-state index in [0.717, 1.165) is 12.1 Å². The number of anilines is 1. The van der Waals surface area contributed by atoms with Crippen LogP contribution in [0.1, 0.15) is 37.7 Å². The quantitative estimate of drug-likeness (QED) is 0.812. The molecule has 2 atom stereocenters. The second-order valence-corrected chi connectivity index (χ2v) is 6.22. The summed E-state index contributed by atoms with van der Waals surface area (Å²) in [6.45, 7) is 6.64. The lowest BCUT2D eigenvalue weighted by atomic mass is 9.92. The Morgan fingerprint density at radius 2 is 2.08 bits per heavy atom. The molecular formula is C18H22F2N2O2. The zero-order chi connectivity index (χ0) is 17.9. The van der Waals surface area contributed by atoms with E-state index in [-0.39, 0.29) is 18.4 Å². The van der Waals surface area contributed by atoms with Gasteiger partial charge in [-0.3, -0.25) is 4.79 Å². The Hall–Kier alpha value is -2.24. The van der Waals surface area contributed by atoms with Gasteiger partial charge in [-0.25, -0.2) is 8.78 Å². The first-order valence-electron chi connectivity index (χ1n) is 7.98. The van der Waals surface area contributed by atoms with Crippen molar-refractivity contribution in [2.24, 2.45) is 5.92 Å². The summed E-state index contributed by atoms with van der Waals surface area (Å²) < 4.78 is 29.2. The van der Waals surface area contributed by atoms with Crippen LogP contribution in [0, 0.1) is 17.6 Å². The summed E-state index contributed by atoms with van der Waals surface area (Å²) in [4.78, 5) is 24.3. The minimum absolute atomic E-state index is 0.0547. The zero-order valence-corrected chi connectivity index (χ0v) is 13.9. The SMILES string of the molecule is C=C1CC(C)CN1c1cc(F)c(C(CCC=O)C(=O)NC)c(F)c1. The van der Waals surface area contributed by atoms with E-state index in [1.165, 1.54) is 19.2 Å². The summed E-state index contributed by atoms with van der Waals surface area (Å²) in [6, 6.07) is 2.47. The number of benzene rings is 1. The molecule has 1 aromatic rings. The largest absolute Gasteiger partial charge is 0.359 e. The molecule has 24 heavy (non-hydrogen) atoms. The maximum absolute atomic E-state index is 14.6. The molecule has 1 aliphatic rings. The van der Waals surface area contributed by atoms with E-state index >= 15 is 0 Å². The van der Waals surface area contributed by atoms with Crippen LogP contribution < -0.4 is 10.2 Å². The summed E-state index contributed by atoms with van der Waals surface area (Å²) in [5.74, 6) is -2.74. The molecule has 130 valence electrons. The van der Waals surface area contributed by atoms with E-state index in [9.17, 15) is 18.4 Å². The fourth-order valence-corrected chi connectivity index (χ4v) is 3.18. The number of amides is 1. The van der Waals surface area contributed by atoms with E-state index < -0.39 is 23.5 Å². The van der Waals surface area contributed by atoms with Crippen molar-refractivity contribution < 1.29 is 18.4 Å². The number of likely N-dealkylation sites (N-methyl/N-ethyl adjacent to an activating group) is 1. The Kier molecular flexibility index (Phi) is 5.70. The normalized spacial score (nSPS) is 18.6. The number of hydrogen-bond donors (Lipinski definition) is 1. The van der Waals surface area contributed by atoms with E-state index in [2.05, 4.69) is 11.9 Å². The molecular weight excluding hydrogens is 314 g/mol. The summed E-state index contributed by atoms with van der Waals surface area (Å²) in [5.41, 5.74) is 0.921. The molecule has 0 saturated carbocycles. The summed E-state index contributed by atoms with van der Waals surface area (Å²) in [6.07, 6.45) is 1.53. The Morgan fingerprint density at radius 3 is 2.54 bits per heavy atom. The Balaban J connectivity index is 2.39. The second kappa shape index (κ2) is 7.55. The average Bonchev–Trinajstić information content (AvgIpc) is 2.87. The fourth-order valence-electron chi connectivity index (χ4n) is 3.18. The van der Waals surface area contributed by atoms with Gasteiger partial charge in [0.1, 0.15) is 17.9 Å². The average molecular weight is 336 g/mol.